The Morgan fingerprint density at radius 3 is 2.68 bits per heavy atom. The number of hydrogen-bond acceptors (Lipinski definition) is 3. The van der Waals surface area contributed by atoms with Crippen LogP contribution in [0.5, 0.6) is 0 Å². The molecule has 4 rings (SSSR count). The fourth-order valence-corrected chi connectivity index (χ4v) is 3.60. The van der Waals surface area contributed by atoms with E-state index in [1.165, 1.54) is 15.8 Å². The molecule has 0 saturated heterocycles. The van der Waals surface area contributed by atoms with Gasteiger partial charge in [0.15, 0.2) is 5.69 Å². The second-order valence-corrected chi connectivity index (χ2v) is 6.44. The molecule has 0 aliphatic heterocycles. The Kier molecular flexibility index (Phi) is 3.84. The number of fused-ring (bicyclic) bond motifs is 2. The van der Waals surface area contributed by atoms with Gasteiger partial charge in [0.25, 0.3) is 11.5 Å². The molecular weight excluding hydrogens is 314 g/mol. The van der Waals surface area contributed by atoms with E-state index in [2.05, 4.69) is 22.5 Å². The maximum Gasteiger partial charge on any atom is 0.274 e. The molecule has 0 bridgehead atoms. The minimum atomic E-state index is -0.242. The minimum absolute atomic E-state index is 0.0183. The van der Waals surface area contributed by atoms with E-state index >= 15 is 0 Å². The molecule has 1 amide bonds. The predicted molar refractivity (Wildman–Crippen MR) is 96.6 cm³/mol. The molecule has 5 nitrogen and oxygen atoms in total. The van der Waals surface area contributed by atoms with Gasteiger partial charge < -0.3 is 5.32 Å². The van der Waals surface area contributed by atoms with E-state index in [9.17, 15) is 9.59 Å². The van der Waals surface area contributed by atoms with Gasteiger partial charge in [-0.2, -0.15) is 5.10 Å². The second kappa shape index (κ2) is 6.16. The zero-order valence-corrected chi connectivity index (χ0v) is 14.0. The molecule has 126 valence electrons. The van der Waals surface area contributed by atoms with Gasteiger partial charge in [-0.15, -0.1) is 0 Å². The van der Waals surface area contributed by atoms with Crippen LogP contribution >= 0.6 is 0 Å². The van der Waals surface area contributed by atoms with Crippen LogP contribution in [0.25, 0.3) is 10.8 Å². The molecule has 1 aliphatic rings. The molecule has 3 aromatic rings. The van der Waals surface area contributed by atoms with Gasteiger partial charge in [-0.25, -0.2) is 4.68 Å². The standard InChI is InChI=1S/C20H19N3O2/c1-23-20(25)16-11-5-4-10-15(16)18(22-23)19(24)21-17-12-6-8-13-7-2-3-9-14(13)17/h2-5,7,9-11,17H,6,8,12H2,1H3,(H,21,24)/t17-/m0/s1. The summed E-state index contributed by atoms with van der Waals surface area (Å²) in [7, 11) is 1.57. The largest absolute Gasteiger partial charge is 0.344 e. The summed E-state index contributed by atoms with van der Waals surface area (Å²) in [5.74, 6) is -0.242. The zero-order valence-electron chi connectivity index (χ0n) is 14.0. The average Bonchev–Trinajstić information content (AvgIpc) is 2.65. The first-order valence-corrected chi connectivity index (χ1v) is 8.50. The summed E-state index contributed by atoms with van der Waals surface area (Å²) in [5.41, 5.74) is 2.56. The third kappa shape index (κ3) is 2.71. The molecule has 1 heterocycles. The minimum Gasteiger partial charge on any atom is -0.344 e. The number of carbonyl (C=O) groups excluding carboxylic acids is 1. The van der Waals surface area contributed by atoms with Crippen LogP contribution in [0.3, 0.4) is 0 Å². The molecular formula is C20H19N3O2. The van der Waals surface area contributed by atoms with Gasteiger partial charge in [0.05, 0.1) is 11.4 Å². The molecule has 5 heteroatoms. The van der Waals surface area contributed by atoms with E-state index in [0.717, 1.165) is 19.3 Å². The Morgan fingerprint density at radius 1 is 1.12 bits per heavy atom. The highest BCUT2D eigenvalue weighted by atomic mass is 16.2. The van der Waals surface area contributed by atoms with Crippen LogP contribution < -0.4 is 10.9 Å². The number of rotatable bonds is 2. The number of amides is 1. The number of aryl methyl sites for hydroxylation is 2. The molecule has 0 spiro atoms. The maximum atomic E-state index is 12.9. The van der Waals surface area contributed by atoms with E-state index in [-0.39, 0.29) is 17.5 Å². The number of hydrogen-bond donors (Lipinski definition) is 1. The van der Waals surface area contributed by atoms with Gasteiger partial charge in [0.2, 0.25) is 0 Å². The molecule has 2 aromatic carbocycles. The number of nitrogens with one attached hydrogen (secondary N) is 1. The van der Waals surface area contributed by atoms with Crippen molar-refractivity contribution in [2.24, 2.45) is 7.05 Å². The monoisotopic (exact) mass is 333 g/mol. The molecule has 1 aromatic heterocycles. The lowest BCUT2D eigenvalue weighted by molar-refractivity contribution is 0.0927. The number of benzene rings is 2. The van der Waals surface area contributed by atoms with Crippen LogP contribution in [0.15, 0.2) is 53.3 Å². The summed E-state index contributed by atoms with van der Waals surface area (Å²) < 4.78 is 1.23. The average molecular weight is 333 g/mol. The van der Waals surface area contributed by atoms with Crippen LogP contribution in [-0.4, -0.2) is 15.7 Å². The fourth-order valence-electron chi connectivity index (χ4n) is 3.60. The number of aromatic nitrogens is 2. The highest BCUT2D eigenvalue weighted by molar-refractivity contribution is 6.04. The maximum absolute atomic E-state index is 12.9. The van der Waals surface area contributed by atoms with E-state index in [1.807, 2.05) is 18.2 Å². The molecule has 0 saturated carbocycles. The summed E-state index contributed by atoms with van der Waals surface area (Å²) in [6.07, 6.45) is 3.00. The van der Waals surface area contributed by atoms with Crippen molar-refractivity contribution in [3.8, 4) is 0 Å². The van der Waals surface area contributed by atoms with Crippen LogP contribution in [0.4, 0.5) is 0 Å². The molecule has 25 heavy (non-hydrogen) atoms. The Hall–Kier alpha value is -2.95. The lowest BCUT2D eigenvalue weighted by Gasteiger charge is -2.26. The van der Waals surface area contributed by atoms with Gasteiger partial charge in [0, 0.05) is 12.4 Å². The van der Waals surface area contributed by atoms with E-state index < -0.39 is 0 Å². The third-order valence-electron chi connectivity index (χ3n) is 4.85. The topological polar surface area (TPSA) is 64.0 Å². The summed E-state index contributed by atoms with van der Waals surface area (Å²) in [6.45, 7) is 0. The Balaban J connectivity index is 1.73. The SMILES string of the molecule is Cn1nc(C(=O)N[C@H]2CCCc3ccccc32)c2ccccc2c1=O. The Morgan fingerprint density at radius 2 is 1.84 bits per heavy atom. The molecule has 0 radical (unpaired) electrons. The van der Waals surface area contributed by atoms with Crippen molar-refractivity contribution in [3.05, 3.63) is 75.7 Å². The van der Waals surface area contributed by atoms with Gasteiger partial charge in [-0.3, -0.25) is 9.59 Å². The van der Waals surface area contributed by atoms with Gasteiger partial charge in [-0.1, -0.05) is 42.5 Å². The van der Waals surface area contributed by atoms with Crippen molar-refractivity contribution >= 4 is 16.7 Å². The first-order valence-electron chi connectivity index (χ1n) is 8.50. The Labute approximate surface area is 145 Å². The molecule has 1 atom stereocenters. The molecule has 1 aliphatic carbocycles. The van der Waals surface area contributed by atoms with Crippen LogP contribution in [0.2, 0.25) is 0 Å². The van der Waals surface area contributed by atoms with Crippen molar-refractivity contribution in [2.75, 3.05) is 0 Å². The summed E-state index contributed by atoms with van der Waals surface area (Å²) >= 11 is 0. The Bertz CT molecular complexity index is 1020. The molecule has 1 N–H and O–H groups in total. The first kappa shape index (κ1) is 15.6. The smallest absolute Gasteiger partial charge is 0.274 e. The number of carbonyl (C=O) groups is 1. The van der Waals surface area contributed by atoms with Crippen molar-refractivity contribution in [1.29, 1.82) is 0 Å². The van der Waals surface area contributed by atoms with Crippen molar-refractivity contribution < 1.29 is 4.79 Å². The first-order chi connectivity index (χ1) is 12.1. The van der Waals surface area contributed by atoms with E-state index in [0.29, 0.717) is 16.5 Å². The highest BCUT2D eigenvalue weighted by Gasteiger charge is 2.24. The summed E-state index contributed by atoms with van der Waals surface area (Å²) in [5, 5.41) is 8.43. The van der Waals surface area contributed by atoms with Crippen LogP contribution in [0, 0.1) is 0 Å². The predicted octanol–water partition coefficient (Wildman–Crippen LogP) is 2.74. The van der Waals surface area contributed by atoms with Crippen LogP contribution in [0.1, 0.15) is 40.5 Å². The van der Waals surface area contributed by atoms with Gasteiger partial charge >= 0.3 is 0 Å². The molecule has 0 unspecified atom stereocenters. The normalized spacial score (nSPS) is 16.4. The fraction of sp³-hybridized carbons (Fsp3) is 0.250. The zero-order chi connectivity index (χ0) is 17.4. The van der Waals surface area contributed by atoms with Gasteiger partial charge in [0.1, 0.15) is 0 Å². The quantitative estimate of drug-likeness (QED) is 0.784. The second-order valence-electron chi connectivity index (χ2n) is 6.44. The number of nitrogens with zero attached hydrogens (tertiary/aromatic N) is 2. The van der Waals surface area contributed by atoms with Crippen molar-refractivity contribution in [1.82, 2.24) is 15.1 Å². The van der Waals surface area contributed by atoms with Gasteiger partial charge in [-0.05, 0) is 36.5 Å². The lowest BCUT2D eigenvalue weighted by Crippen LogP contribution is -2.33. The highest BCUT2D eigenvalue weighted by Crippen LogP contribution is 2.29. The molecule has 0 fully saturated rings. The lowest BCUT2D eigenvalue weighted by atomic mass is 9.87. The van der Waals surface area contributed by atoms with Crippen LogP contribution in [-0.2, 0) is 13.5 Å². The summed E-state index contributed by atoms with van der Waals surface area (Å²) in [6, 6.07) is 15.3. The van der Waals surface area contributed by atoms with E-state index in [1.54, 1.807) is 25.2 Å². The van der Waals surface area contributed by atoms with Crippen molar-refractivity contribution in [2.45, 2.75) is 25.3 Å². The third-order valence-corrected chi connectivity index (χ3v) is 4.85. The van der Waals surface area contributed by atoms with Crippen molar-refractivity contribution in [3.63, 3.8) is 0 Å². The summed E-state index contributed by atoms with van der Waals surface area (Å²) in [4.78, 5) is 25.1. The van der Waals surface area contributed by atoms with E-state index in [4.69, 9.17) is 0 Å².